The third-order valence-electron chi connectivity index (χ3n) is 3.61. The molecule has 5 nitrogen and oxygen atoms in total. The smallest absolute Gasteiger partial charge is 0.347 e. The van der Waals surface area contributed by atoms with E-state index >= 15 is 0 Å². The molecule has 8 heteroatoms. The molecule has 0 aliphatic rings. The van der Waals surface area contributed by atoms with Crippen molar-refractivity contribution in [1.29, 1.82) is 0 Å². The standard InChI is InChI=1S/C16H18F3N3O2/c1-3-12(15(23)20-9-14-21-10(2)22-24-14)8-11-4-6-13(7-5-11)16(17,18)19/h4-7,12H,3,8-9H2,1-2H3,(H,20,23). The summed E-state index contributed by atoms with van der Waals surface area (Å²) in [6.07, 6.45) is -3.43. The van der Waals surface area contributed by atoms with E-state index in [9.17, 15) is 18.0 Å². The van der Waals surface area contributed by atoms with Crippen molar-refractivity contribution in [3.63, 3.8) is 0 Å². The summed E-state index contributed by atoms with van der Waals surface area (Å²) in [6, 6.07) is 4.86. The Morgan fingerprint density at radius 3 is 2.46 bits per heavy atom. The Bertz CT molecular complexity index is 681. The van der Waals surface area contributed by atoms with E-state index in [1.165, 1.54) is 12.1 Å². The molecule has 0 saturated carbocycles. The van der Waals surface area contributed by atoms with Crippen molar-refractivity contribution in [2.75, 3.05) is 0 Å². The number of alkyl halides is 3. The Morgan fingerprint density at radius 1 is 1.29 bits per heavy atom. The topological polar surface area (TPSA) is 68.0 Å². The summed E-state index contributed by atoms with van der Waals surface area (Å²) in [4.78, 5) is 16.2. The molecule has 1 unspecified atom stereocenters. The molecule has 0 spiro atoms. The Kier molecular flexibility index (Phi) is 5.58. The van der Waals surface area contributed by atoms with Gasteiger partial charge in [-0.05, 0) is 37.5 Å². The summed E-state index contributed by atoms with van der Waals surface area (Å²) in [5.74, 6) is 0.250. The molecule has 0 aliphatic carbocycles. The quantitative estimate of drug-likeness (QED) is 0.875. The van der Waals surface area contributed by atoms with E-state index in [4.69, 9.17) is 4.52 Å². The van der Waals surface area contributed by atoms with Crippen LogP contribution in [0.5, 0.6) is 0 Å². The summed E-state index contributed by atoms with van der Waals surface area (Å²) in [7, 11) is 0. The number of hydrogen-bond acceptors (Lipinski definition) is 4. The van der Waals surface area contributed by atoms with Gasteiger partial charge < -0.3 is 9.84 Å². The van der Waals surface area contributed by atoms with Crippen LogP contribution < -0.4 is 5.32 Å². The lowest BCUT2D eigenvalue weighted by Crippen LogP contribution is -2.31. The van der Waals surface area contributed by atoms with Gasteiger partial charge >= 0.3 is 6.18 Å². The average molecular weight is 341 g/mol. The van der Waals surface area contributed by atoms with Crippen LogP contribution in [0.4, 0.5) is 13.2 Å². The van der Waals surface area contributed by atoms with Crippen molar-refractivity contribution < 1.29 is 22.5 Å². The summed E-state index contributed by atoms with van der Waals surface area (Å²) >= 11 is 0. The first-order valence-corrected chi connectivity index (χ1v) is 7.52. The molecule has 0 fully saturated rings. The highest BCUT2D eigenvalue weighted by molar-refractivity contribution is 5.78. The van der Waals surface area contributed by atoms with Crippen LogP contribution in [0.2, 0.25) is 0 Å². The predicted octanol–water partition coefficient (Wildman–Crippen LogP) is 3.28. The Hall–Kier alpha value is -2.38. The van der Waals surface area contributed by atoms with Crippen molar-refractivity contribution in [2.24, 2.45) is 5.92 Å². The maximum atomic E-state index is 12.6. The molecule has 2 aromatic rings. The number of rotatable bonds is 6. The lowest BCUT2D eigenvalue weighted by Gasteiger charge is -2.15. The van der Waals surface area contributed by atoms with Crippen molar-refractivity contribution in [1.82, 2.24) is 15.5 Å². The lowest BCUT2D eigenvalue weighted by atomic mass is 9.95. The minimum absolute atomic E-state index is 0.128. The van der Waals surface area contributed by atoms with E-state index < -0.39 is 11.7 Å². The molecule has 1 heterocycles. The maximum Gasteiger partial charge on any atom is 0.416 e. The summed E-state index contributed by atoms with van der Waals surface area (Å²) < 4.78 is 42.6. The largest absolute Gasteiger partial charge is 0.416 e. The summed E-state index contributed by atoms with van der Waals surface area (Å²) in [5.41, 5.74) is -0.0193. The number of amides is 1. The number of carbonyl (C=O) groups is 1. The first kappa shape index (κ1) is 18.0. The third kappa shape index (κ3) is 4.81. The van der Waals surface area contributed by atoms with Gasteiger partial charge in [0.15, 0.2) is 5.82 Å². The Morgan fingerprint density at radius 2 is 1.96 bits per heavy atom. The molecule has 1 aromatic carbocycles. The van der Waals surface area contributed by atoms with E-state index in [1.807, 2.05) is 6.92 Å². The van der Waals surface area contributed by atoms with Gasteiger partial charge in [-0.3, -0.25) is 4.79 Å². The van der Waals surface area contributed by atoms with Crippen LogP contribution in [0.15, 0.2) is 28.8 Å². The predicted molar refractivity (Wildman–Crippen MR) is 79.8 cm³/mol. The van der Waals surface area contributed by atoms with Crippen LogP contribution >= 0.6 is 0 Å². The van der Waals surface area contributed by atoms with Crippen LogP contribution in [-0.2, 0) is 23.9 Å². The van der Waals surface area contributed by atoms with E-state index in [1.54, 1.807) is 6.92 Å². The number of aryl methyl sites for hydroxylation is 1. The maximum absolute atomic E-state index is 12.6. The van der Waals surface area contributed by atoms with Crippen molar-refractivity contribution in [2.45, 2.75) is 39.4 Å². The molecule has 130 valence electrons. The van der Waals surface area contributed by atoms with Crippen molar-refractivity contribution in [3.8, 4) is 0 Å². The Balaban J connectivity index is 1.94. The number of halogens is 3. The summed E-state index contributed by atoms with van der Waals surface area (Å²) in [5, 5.41) is 6.33. The molecule has 1 atom stereocenters. The minimum Gasteiger partial charge on any atom is -0.347 e. The van der Waals surface area contributed by atoms with Gasteiger partial charge in [-0.15, -0.1) is 0 Å². The number of carbonyl (C=O) groups excluding carboxylic acids is 1. The van der Waals surface area contributed by atoms with Gasteiger partial charge in [0.2, 0.25) is 11.8 Å². The van der Waals surface area contributed by atoms with Gasteiger partial charge in [0.05, 0.1) is 12.1 Å². The van der Waals surface area contributed by atoms with Crippen LogP contribution in [0.1, 0.15) is 36.2 Å². The fourth-order valence-corrected chi connectivity index (χ4v) is 2.26. The lowest BCUT2D eigenvalue weighted by molar-refractivity contribution is -0.137. The van der Waals surface area contributed by atoms with Crippen molar-refractivity contribution in [3.05, 3.63) is 47.1 Å². The number of nitrogens with one attached hydrogen (secondary N) is 1. The highest BCUT2D eigenvalue weighted by Gasteiger charge is 2.30. The fourth-order valence-electron chi connectivity index (χ4n) is 2.26. The van der Waals surface area contributed by atoms with Gasteiger partial charge in [-0.25, -0.2) is 0 Å². The zero-order valence-corrected chi connectivity index (χ0v) is 13.4. The minimum atomic E-state index is -4.36. The van der Waals surface area contributed by atoms with Crippen molar-refractivity contribution >= 4 is 5.91 Å². The first-order chi connectivity index (χ1) is 11.3. The molecule has 2 rings (SSSR count). The summed E-state index contributed by atoms with van der Waals surface area (Å²) in [6.45, 7) is 3.66. The van der Waals surface area contributed by atoms with Crippen LogP contribution in [0.25, 0.3) is 0 Å². The van der Waals surface area contributed by atoms with Crippen LogP contribution in [-0.4, -0.2) is 16.0 Å². The van der Waals surface area contributed by atoms with Gasteiger partial charge in [0, 0.05) is 5.92 Å². The zero-order valence-electron chi connectivity index (χ0n) is 13.4. The molecular weight excluding hydrogens is 323 g/mol. The molecule has 0 radical (unpaired) electrons. The molecule has 24 heavy (non-hydrogen) atoms. The monoisotopic (exact) mass is 341 g/mol. The molecule has 0 saturated heterocycles. The number of aromatic nitrogens is 2. The van der Waals surface area contributed by atoms with Gasteiger partial charge in [-0.1, -0.05) is 24.2 Å². The molecule has 1 N–H and O–H groups in total. The van der Waals surface area contributed by atoms with Crippen LogP contribution in [0, 0.1) is 12.8 Å². The number of hydrogen-bond donors (Lipinski definition) is 1. The third-order valence-corrected chi connectivity index (χ3v) is 3.61. The number of nitrogens with zero attached hydrogens (tertiary/aromatic N) is 2. The van der Waals surface area contributed by atoms with E-state index in [0.29, 0.717) is 30.1 Å². The zero-order chi connectivity index (χ0) is 17.7. The van der Waals surface area contributed by atoms with E-state index in [-0.39, 0.29) is 18.4 Å². The second-order valence-corrected chi connectivity index (χ2v) is 5.46. The second-order valence-electron chi connectivity index (χ2n) is 5.46. The molecule has 0 aliphatic heterocycles. The van der Waals surface area contributed by atoms with Gasteiger partial charge in [0.25, 0.3) is 0 Å². The van der Waals surface area contributed by atoms with Gasteiger partial charge in [0.1, 0.15) is 0 Å². The van der Waals surface area contributed by atoms with Gasteiger partial charge in [-0.2, -0.15) is 18.2 Å². The highest BCUT2D eigenvalue weighted by atomic mass is 19.4. The van der Waals surface area contributed by atoms with E-state index in [0.717, 1.165) is 12.1 Å². The molecular formula is C16H18F3N3O2. The SMILES string of the molecule is CCC(Cc1ccc(C(F)(F)F)cc1)C(=O)NCc1nc(C)no1. The molecule has 1 aromatic heterocycles. The first-order valence-electron chi connectivity index (χ1n) is 7.52. The Labute approximate surface area is 137 Å². The van der Waals surface area contributed by atoms with E-state index in [2.05, 4.69) is 15.5 Å². The molecule has 1 amide bonds. The normalized spacial score (nSPS) is 12.9. The van der Waals surface area contributed by atoms with Crippen LogP contribution in [0.3, 0.4) is 0 Å². The second kappa shape index (κ2) is 7.46. The molecule has 0 bridgehead atoms. The average Bonchev–Trinajstić information content (AvgIpc) is 2.95. The fraction of sp³-hybridized carbons (Fsp3) is 0.438. The number of benzene rings is 1. The highest BCUT2D eigenvalue weighted by Crippen LogP contribution is 2.29.